The zero-order valence-corrected chi connectivity index (χ0v) is 11.2. The molecule has 2 aliphatic rings. The van der Waals surface area contributed by atoms with Crippen LogP contribution in [0.1, 0.15) is 40.5 Å². The van der Waals surface area contributed by atoms with E-state index in [0.717, 1.165) is 12.0 Å². The normalized spacial score (nSPS) is 36.1. The highest BCUT2D eigenvalue weighted by Gasteiger charge is 2.64. The molecule has 0 aromatic carbocycles. The molecule has 2 aliphatic carbocycles. The Morgan fingerprint density at radius 1 is 1.53 bits per heavy atom. The summed E-state index contributed by atoms with van der Waals surface area (Å²) in [4.78, 5) is 11.7. The fourth-order valence-electron chi connectivity index (χ4n) is 3.08. The van der Waals surface area contributed by atoms with Crippen LogP contribution in [0.5, 0.6) is 0 Å². The molecule has 2 fully saturated rings. The summed E-state index contributed by atoms with van der Waals surface area (Å²) in [6.07, 6.45) is 3.94. The first-order valence-corrected chi connectivity index (χ1v) is 6.45. The van der Waals surface area contributed by atoms with Crippen LogP contribution in [0.15, 0.2) is 23.8 Å². The molecule has 94 valence electrons. The van der Waals surface area contributed by atoms with Crippen LogP contribution in [0, 0.1) is 17.3 Å². The number of ether oxygens (including phenoxy) is 1. The van der Waals surface area contributed by atoms with Crippen molar-refractivity contribution in [3.05, 3.63) is 23.8 Å². The van der Waals surface area contributed by atoms with Crippen LogP contribution in [0.4, 0.5) is 0 Å². The van der Waals surface area contributed by atoms with Crippen molar-refractivity contribution in [2.24, 2.45) is 17.3 Å². The quantitative estimate of drug-likeness (QED) is 0.424. The number of hydrogen-bond acceptors (Lipinski definition) is 2. The Bertz CT molecular complexity index is 392. The largest absolute Gasteiger partial charge is 0.454 e. The molecule has 2 rings (SSSR count). The number of carbonyl (C=O) groups excluding carboxylic acids is 1. The predicted octanol–water partition coefficient (Wildman–Crippen LogP) is 3.49. The van der Waals surface area contributed by atoms with Crippen molar-refractivity contribution in [3.8, 4) is 0 Å². The summed E-state index contributed by atoms with van der Waals surface area (Å²) in [5.41, 5.74) is 2.19. The zero-order chi connectivity index (χ0) is 12.8. The van der Waals surface area contributed by atoms with Crippen molar-refractivity contribution in [3.63, 3.8) is 0 Å². The maximum Gasteiger partial charge on any atom is 0.333 e. The van der Waals surface area contributed by atoms with Crippen LogP contribution in [-0.4, -0.2) is 12.1 Å². The molecule has 2 nitrogen and oxygen atoms in total. The minimum Gasteiger partial charge on any atom is -0.454 e. The SMILES string of the molecule is C=C1[C@@H](OC(=O)/C(C)=C\C)C[C@@]2(C(C)C)C[C@@H]12. The van der Waals surface area contributed by atoms with Gasteiger partial charge in [-0.1, -0.05) is 26.5 Å². The van der Waals surface area contributed by atoms with E-state index in [4.69, 9.17) is 4.74 Å². The first-order chi connectivity index (χ1) is 7.92. The van der Waals surface area contributed by atoms with Crippen LogP contribution in [-0.2, 0) is 9.53 Å². The van der Waals surface area contributed by atoms with E-state index in [1.165, 1.54) is 6.42 Å². The van der Waals surface area contributed by atoms with Crippen molar-refractivity contribution in [1.82, 2.24) is 0 Å². The Balaban J connectivity index is 2.02. The Kier molecular flexibility index (Phi) is 2.92. The number of carbonyl (C=O) groups is 1. The van der Waals surface area contributed by atoms with E-state index in [0.29, 0.717) is 22.8 Å². The van der Waals surface area contributed by atoms with E-state index in [1.54, 1.807) is 13.0 Å². The molecule has 17 heavy (non-hydrogen) atoms. The molecule has 0 radical (unpaired) electrons. The smallest absolute Gasteiger partial charge is 0.333 e. The number of esters is 1. The van der Waals surface area contributed by atoms with Gasteiger partial charge in [0.1, 0.15) is 6.10 Å². The van der Waals surface area contributed by atoms with Gasteiger partial charge in [-0.3, -0.25) is 0 Å². The molecule has 3 atom stereocenters. The second kappa shape index (κ2) is 4.01. The molecule has 0 unspecified atom stereocenters. The lowest BCUT2D eigenvalue weighted by Gasteiger charge is -2.20. The summed E-state index contributed by atoms with van der Waals surface area (Å²) in [6, 6.07) is 0. The van der Waals surface area contributed by atoms with Crippen molar-refractivity contribution in [1.29, 1.82) is 0 Å². The molecule has 0 spiro atoms. The number of fused-ring (bicyclic) bond motifs is 1. The standard InChI is InChI=1S/C15H22O2/c1-6-10(4)14(16)17-13-8-15(9(2)3)7-12(15)11(13)5/h6,9,12-13H,5,7-8H2,1-4H3/b10-6-/t12-,13-,15+/m0/s1. The molecule has 0 saturated heterocycles. The Labute approximate surface area is 104 Å². The van der Waals surface area contributed by atoms with Crippen molar-refractivity contribution >= 4 is 5.97 Å². The van der Waals surface area contributed by atoms with Crippen LogP contribution in [0.25, 0.3) is 0 Å². The number of allylic oxidation sites excluding steroid dienone is 1. The number of hydrogen-bond donors (Lipinski definition) is 0. The van der Waals surface area contributed by atoms with Crippen LogP contribution in [0.3, 0.4) is 0 Å². The van der Waals surface area contributed by atoms with Gasteiger partial charge < -0.3 is 4.74 Å². The van der Waals surface area contributed by atoms with Gasteiger partial charge in [0.05, 0.1) is 0 Å². The minimum atomic E-state index is -0.196. The van der Waals surface area contributed by atoms with Gasteiger partial charge in [-0.2, -0.15) is 0 Å². The lowest BCUT2D eigenvalue weighted by Crippen LogP contribution is -2.21. The van der Waals surface area contributed by atoms with Gasteiger partial charge >= 0.3 is 5.97 Å². The molecule has 0 aromatic rings. The third-order valence-corrected chi connectivity index (χ3v) is 4.70. The van der Waals surface area contributed by atoms with Crippen molar-refractivity contribution < 1.29 is 9.53 Å². The third-order valence-electron chi connectivity index (χ3n) is 4.70. The first kappa shape index (κ1) is 12.4. The lowest BCUT2D eigenvalue weighted by molar-refractivity contribution is -0.142. The molecule has 0 N–H and O–H groups in total. The topological polar surface area (TPSA) is 26.3 Å². The van der Waals surface area contributed by atoms with Crippen LogP contribution >= 0.6 is 0 Å². The Morgan fingerprint density at radius 2 is 2.18 bits per heavy atom. The summed E-state index contributed by atoms with van der Waals surface area (Å²) in [7, 11) is 0. The van der Waals surface area contributed by atoms with Gasteiger partial charge in [-0.05, 0) is 49.5 Å². The second-order valence-electron chi connectivity index (χ2n) is 5.79. The monoisotopic (exact) mass is 234 g/mol. The molecule has 0 bridgehead atoms. The Hall–Kier alpha value is -1.05. The third kappa shape index (κ3) is 1.84. The highest BCUT2D eigenvalue weighted by atomic mass is 16.5. The molecule has 2 saturated carbocycles. The summed E-state index contributed by atoms with van der Waals surface area (Å²) >= 11 is 0. The highest BCUT2D eigenvalue weighted by Crippen LogP contribution is 2.69. The fraction of sp³-hybridized carbons (Fsp3) is 0.667. The summed E-state index contributed by atoms with van der Waals surface area (Å²) in [6.45, 7) is 12.3. The lowest BCUT2D eigenvalue weighted by atomic mass is 9.89. The summed E-state index contributed by atoms with van der Waals surface area (Å²) < 4.78 is 5.55. The van der Waals surface area contributed by atoms with Gasteiger partial charge in [0.25, 0.3) is 0 Å². The molecule has 0 aliphatic heterocycles. The molecule has 0 aromatic heterocycles. The van der Waals surface area contributed by atoms with Crippen LogP contribution < -0.4 is 0 Å². The first-order valence-electron chi connectivity index (χ1n) is 6.45. The van der Waals surface area contributed by atoms with Gasteiger partial charge in [0.2, 0.25) is 0 Å². The van der Waals surface area contributed by atoms with Gasteiger partial charge in [0.15, 0.2) is 0 Å². The maximum absolute atomic E-state index is 11.7. The van der Waals surface area contributed by atoms with Gasteiger partial charge in [-0.15, -0.1) is 0 Å². The minimum absolute atomic E-state index is 0.0569. The van der Waals surface area contributed by atoms with E-state index in [2.05, 4.69) is 20.4 Å². The summed E-state index contributed by atoms with van der Waals surface area (Å²) in [5, 5.41) is 0. The second-order valence-corrected chi connectivity index (χ2v) is 5.79. The van der Waals surface area contributed by atoms with Crippen molar-refractivity contribution in [2.45, 2.75) is 46.6 Å². The van der Waals surface area contributed by atoms with E-state index in [9.17, 15) is 4.79 Å². The molecular formula is C15H22O2. The molecule has 0 heterocycles. The number of rotatable bonds is 3. The average Bonchev–Trinajstić information content (AvgIpc) is 2.95. The highest BCUT2D eigenvalue weighted by molar-refractivity contribution is 5.88. The van der Waals surface area contributed by atoms with Gasteiger partial charge in [0, 0.05) is 5.57 Å². The predicted molar refractivity (Wildman–Crippen MR) is 68.4 cm³/mol. The van der Waals surface area contributed by atoms with Crippen LogP contribution in [0.2, 0.25) is 0 Å². The fourth-order valence-corrected chi connectivity index (χ4v) is 3.08. The molecule has 0 amide bonds. The zero-order valence-electron chi connectivity index (χ0n) is 11.2. The van der Waals surface area contributed by atoms with E-state index < -0.39 is 0 Å². The average molecular weight is 234 g/mol. The Morgan fingerprint density at radius 3 is 2.65 bits per heavy atom. The summed E-state index contributed by atoms with van der Waals surface area (Å²) in [5.74, 6) is 1.04. The van der Waals surface area contributed by atoms with E-state index >= 15 is 0 Å². The molecular weight excluding hydrogens is 212 g/mol. The maximum atomic E-state index is 11.7. The molecule has 2 heteroatoms. The van der Waals surface area contributed by atoms with E-state index in [1.807, 2.05) is 6.92 Å². The van der Waals surface area contributed by atoms with E-state index in [-0.39, 0.29) is 12.1 Å². The van der Waals surface area contributed by atoms with Gasteiger partial charge in [-0.25, -0.2) is 4.79 Å². The van der Waals surface area contributed by atoms with Crippen molar-refractivity contribution in [2.75, 3.05) is 0 Å².